The molecule has 0 saturated heterocycles. The van der Waals surface area contributed by atoms with Crippen molar-refractivity contribution >= 4 is 17.7 Å². The highest BCUT2D eigenvalue weighted by Gasteiger charge is 2.51. The maximum absolute atomic E-state index is 12.6. The first-order valence-electron chi connectivity index (χ1n) is 8.29. The Balaban J connectivity index is 1.96. The van der Waals surface area contributed by atoms with Crippen LogP contribution in [0.5, 0.6) is 0 Å². The predicted octanol–water partition coefficient (Wildman–Crippen LogP) is 2.34. The summed E-state index contributed by atoms with van der Waals surface area (Å²) in [5.41, 5.74) is -0.444. The Morgan fingerprint density at radius 3 is 2.86 bits per heavy atom. The molecule has 2 aliphatic carbocycles. The van der Waals surface area contributed by atoms with E-state index in [2.05, 4.69) is 5.32 Å². The van der Waals surface area contributed by atoms with E-state index in [-0.39, 0.29) is 17.8 Å². The molecule has 2 saturated carbocycles. The van der Waals surface area contributed by atoms with E-state index in [1.807, 2.05) is 13.8 Å². The van der Waals surface area contributed by atoms with E-state index < -0.39 is 5.54 Å². The van der Waals surface area contributed by atoms with E-state index in [0.29, 0.717) is 18.6 Å². The van der Waals surface area contributed by atoms with Crippen LogP contribution in [0.4, 0.5) is 0 Å². The number of aliphatic hydroxyl groups is 1. The van der Waals surface area contributed by atoms with Gasteiger partial charge < -0.3 is 9.84 Å². The van der Waals surface area contributed by atoms with Gasteiger partial charge in [0.05, 0.1) is 13.2 Å². The Morgan fingerprint density at radius 2 is 2.24 bits per heavy atom. The van der Waals surface area contributed by atoms with Crippen molar-refractivity contribution in [1.29, 1.82) is 0 Å². The molecule has 0 radical (unpaired) electrons. The lowest BCUT2D eigenvalue weighted by atomic mass is 9.84. The second-order valence-corrected chi connectivity index (χ2v) is 7.90. The molecule has 2 fully saturated rings. The van der Waals surface area contributed by atoms with Crippen molar-refractivity contribution in [2.75, 3.05) is 19.0 Å². The minimum Gasteiger partial charge on any atom is -0.465 e. The van der Waals surface area contributed by atoms with Gasteiger partial charge >= 0.3 is 5.97 Å². The Labute approximate surface area is 132 Å². The Hall–Kier alpha value is -0.260. The van der Waals surface area contributed by atoms with Crippen molar-refractivity contribution in [1.82, 2.24) is 5.32 Å². The summed E-state index contributed by atoms with van der Waals surface area (Å²) >= 11 is 1.79. The molecule has 3 atom stereocenters. The highest BCUT2D eigenvalue weighted by atomic mass is 32.2. The minimum atomic E-state index is -0.444. The number of rotatable bonds is 9. The van der Waals surface area contributed by atoms with Crippen molar-refractivity contribution in [2.24, 2.45) is 5.92 Å². The van der Waals surface area contributed by atoms with Gasteiger partial charge in [0.1, 0.15) is 5.54 Å². The van der Waals surface area contributed by atoms with Gasteiger partial charge in [0, 0.05) is 11.3 Å². The summed E-state index contributed by atoms with van der Waals surface area (Å²) < 4.78 is 5.39. The third kappa shape index (κ3) is 4.36. The number of hydrogen-bond acceptors (Lipinski definition) is 5. The largest absolute Gasteiger partial charge is 0.465 e. The van der Waals surface area contributed by atoms with Gasteiger partial charge in [-0.05, 0) is 50.7 Å². The molecule has 5 heteroatoms. The van der Waals surface area contributed by atoms with Crippen LogP contribution in [0.1, 0.15) is 52.4 Å². The van der Waals surface area contributed by atoms with Crippen LogP contribution in [0.2, 0.25) is 0 Å². The van der Waals surface area contributed by atoms with E-state index in [4.69, 9.17) is 9.84 Å². The van der Waals surface area contributed by atoms with E-state index in [1.165, 1.54) is 12.8 Å². The second kappa shape index (κ2) is 7.84. The van der Waals surface area contributed by atoms with Crippen LogP contribution in [0, 0.1) is 5.92 Å². The molecule has 0 aliphatic heterocycles. The van der Waals surface area contributed by atoms with Crippen molar-refractivity contribution in [2.45, 2.75) is 69.2 Å². The fourth-order valence-corrected chi connectivity index (χ4v) is 4.23. The van der Waals surface area contributed by atoms with Gasteiger partial charge in [-0.1, -0.05) is 13.3 Å². The zero-order chi connectivity index (χ0) is 15.3. The number of hydrogen-bond donors (Lipinski definition) is 2. The first-order chi connectivity index (χ1) is 10.1. The summed E-state index contributed by atoms with van der Waals surface area (Å²) in [6.45, 7) is 4.60. The second-order valence-electron chi connectivity index (χ2n) is 6.35. The highest BCUT2D eigenvalue weighted by molar-refractivity contribution is 7.99. The first-order valence-corrected chi connectivity index (χ1v) is 9.34. The average molecular weight is 315 g/mol. The fourth-order valence-electron chi connectivity index (χ4n) is 3.30. The summed E-state index contributed by atoms with van der Waals surface area (Å²) in [4.78, 5) is 12.6. The molecule has 0 heterocycles. The number of carbonyl (C=O) groups is 1. The lowest BCUT2D eigenvalue weighted by Crippen LogP contribution is -2.56. The third-order valence-corrected chi connectivity index (χ3v) is 5.81. The zero-order valence-corrected chi connectivity index (χ0v) is 14.1. The predicted molar refractivity (Wildman–Crippen MR) is 86.5 cm³/mol. The van der Waals surface area contributed by atoms with E-state index in [0.717, 1.165) is 31.4 Å². The first kappa shape index (κ1) is 17.1. The van der Waals surface area contributed by atoms with Crippen molar-refractivity contribution in [3.8, 4) is 0 Å². The Morgan fingerprint density at radius 1 is 1.48 bits per heavy atom. The maximum Gasteiger partial charge on any atom is 0.326 e. The van der Waals surface area contributed by atoms with Crippen LogP contribution in [0.15, 0.2) is 0 Å². The van der Waals surface area contributed by atoms with Crippen molar-refractivity contribution in [3.63, 3.8) is 0 Å². The van der Waals surface area contributed by atoms with Crippen molar-refractivity contribution in [3.05, 3.63) is 0 Å². The SMILES string of the molecule is CCOC(=O)C1(NC2CC2)CCCC1CCSC(C)CO. The number of aliphatic hydroxyl groups excluding tert-OH is 1. The monoisotopic (exact) mass is 315 g/mol. The van der Waals surface area contributed by atoms with Crippen LogP contribution in [0.3, 0.4) is 0 Å². The smallest absolute Gasteiger partial charge is 0.326 e. The summed E-state index contributed by atoms with van der Waals surface area (Å²) in [6, 6.07) is 0.513. The molecule has 0 bridgehead atoms. The topological polar surface area (TPSA) is 58.6 Å². The Bertz CT molecular complexity index is 348. The molecule has 21 heavy (non-hydrogen) atoms. The van der Waals surface area contributed by atoms with Crippen LogP contribution in [-0.2, 0) is 9.53 Å². The van der Waals surface area contributed by atoms with Gasteiger partial charge in [0.2, 0.25) is 0 Å². The lowest BCUT2D eigenvalue weighted by molar-refractivity contribution is -0.153. The van der Waals surface area contributed by atoms with Gasteiger partial charge in [-0.15, -0.1) is 0 Å². The molecule has 0 amide bonds. The van der Waals surface area contributed by atoms with E-state index in [9.17, 15) is 4.79 Å². The number of esters is 1. The fraction of sp³-hybridized carbons (Fsp3) is 0.938. The molecule has 3 unspecified atom stereocenters. The molecular weight excluding hydrogens is 286 g/mol. The highest BCUT2D eigenvalue weighted by Crippen LogP contribution is 2.42. The number of thioether (sulfide) groups is 1. The number of carbonyl (C=O) groups excluding carboxylic acids is 1. The molecule has 2 N–H and O–H groups in total. The summed E-state index contributed by atoms with van der Waals surface area (Å²) in [7, 11) is 0. The van der Waals surface area contributed by atoms with Crippen LogP contribution < -0.4 is 5.32 Å². The number of ether oxygens (including phenoxy) is 1. The van der Waals surface area contributed by atoms with Gasteiger partial charge in [-0.3, -0.25) is 10.1 Å². The normalized spacial score (nSPS) is 30.3. The summed E-state index contributed by atoms with van der Waals surface area (Å²) in [5.74, 6) is 1.33. The van der Waals surface area contributed by atoms with Crippen LogP contribution >= 0.6 is 11.8 Å². The lowest BCUT2D eigenvalue weighted by Gasteiger charge is -2.34. The molecule has 2 rings (SSSR count). The minimum absolute atomic E-state index is 0.0420. The van der Waals surface area contributed by atoms with Crippen LogP contribution in [0.25, 0.3) is 0 Å². The number of nitrogens with one attached hydrogen (secondary N) is 1. The Kier molecular flexibility index (Phi) is 6.38. The molecule has 4 nitrogen and oxygen atoms in total. The van der Waals surface area contributed by atoms with Crippen molar-refractivity contribution < 1.29 is 14.6 Å². The molecule has 0 aromatic carbocycles. The quantitative estimate of drug-likeness (QED) is 0.640. The van der Waals surface area contributed by atoms with Crippen LogP contribution in [-0.4, -0.2) is 46.9 Å². The molecule has 2 aliphatic rings. The standard InChI is InChI=1S/C16H29NO3S/c1-3-20-15(19)16(17-14-6-7-14)9-4-5-13(16)8-10-21-12(2)11-18/h12-14,17-18H,3-11H2,1-2H3. The molecule has 0 spiro atoms. The van der Waals surface area contributed by atoms with Gasteiger partial charge in [-0.25, -0.2) is 0 Å². The summed E-state index contributed by atoms with van der Waals surface area (Å²) in [6.07, 6.45) is 6.51. The average Bonchev–Trinajstić information content (AvgIpc) is 3.19. The van der Waals surface area contributed by atoms with Gasteiger partial charge in [0.25, 0.3) is 0 Å². The summed E-state index contributed by atoms with van der Waals surface area (Å²) in [5, 5.41) is 13.0. The maximum atomic E-state index is 12.6. The third-order valence-electron chi connectivity index (χ3n) is 4.63. The van der Waals surface area contributed by atoms with E-state index in [1.54, 1.807) is 11.8 Å². The molecule has 0 aromatic rings. The van der Waals surface area contributed by atoms with Gasteiger partial charge in [-0.2, -0.15) is 11.8 Å². The molecule has 122 valence electrons. The zero-order valence-electron chi connectivity index (χ0n) is 13.3. The van der Waals surface area contributed by atoms with Gasteiger partial charge in [0.15, 0.2) is 0 Å². The molecular formula is C16H29NO3S. The van der Waals surface area contributed by atoms with E-state index >= 15 is 0 Å². The molecule has 0 aromatic heterocycles.